The van der Waals surface area contributed by atoms with Gasteiger partial charge in [0.05, 0.1) is 24.3 Å². The van der Waals surface area contributed by atoms with Crippen molar-refractivity contribution in [2.24, 2.45) is 0 Å². The number of carbonyl (C=O) groups is 1. The van der Waals surface area contributed by atoms with Gasteiger partial charge in [-0.15, -0.1) is 0 Å². The number of aliphatic hydroxyl groups excluding tert-OH is 1. The number of ether oxygens (including phenoxy) is 2. The van der Waals surface area contributed by atoms with Crippen LogP contribution in [0.2, 0.25) is 0 Å². The van der Waals surface area contributed by atoms with E-state index in [2.05, 4.69) is 15.6 Å². The van der Waals surface area contributed by atoms with E-state index in [4.69, 9.17) is 23.6 Å². The summed E-state index contributed by atoms with van der Waals surface area (Å²) in [6, 6.07) is 10.5. The topological polar surface area (TPSA) is 120 Å². The first-order valence-corrected chi connectivity index (χ1v) is 8.26. The van der Waals surface area contributed by atoms with Gasteiger partial charge in [-0.2, -0.15) is 0 Å². The quantitative estimate of drug-likeness (QED) is 0.649. The number of hydrogen-bond donors (Lipinski definition) is 2. The number of rotatable bonds is 7. The fraction of sp³-hybridized carbons (Fsp3) is 0.278. The molecule has 2 heterocycles. The predicted octanol–water partition coefficient (Wildman–Crippen LogP) is 2.69. The molecule has 9 heteroatoms. The van der Waals surface area contributed by atoms with Gasteiger partial charge in [0.25, 0.3) is 5.88 Å². The largest absolute Gasteiger partial charge is 0.470 e. The van der Waals surface area contributed by atoms with E-state index in [0.717, 1.165) is 11.1 Å². The Hall–Kier alpha value is -3.33. The van der Waals surface area contributed by atoms with Gasteiger partial charge in [0, 0.05) is 5.56 Å². The number of aliphatic hydroxyl groups is 1. The van der Waals surface area contributed by atoms with E-state index >= 15 is 0 Å². The molecule has 0 saturated heterocycles. The summed E-state index contributed by atoms with van der Waals surface area (Å²) >= 11 is 0. The van der Waals surface area contributed by atoms with Gasteiger partial charge in [-0.3, -0.25) is 0 Å². The molecular formula is C18H19N3O6. The summed E-state index contributed by atoms with van der Waals surface area (Å²) in [4.78, 5) is 11.6. The SMILES string of the molecule is Cc1onc(-c2ccccc2)c1COc1cc(OC(=O)N[C@@H](C)CO)on1. The second-order valence-electron chi connectivity index (χ2n) is 5.82. The van der Waals surface area contributed by atoms with Crippen molar-refractivity contribution in [2.45, 2.75) is 26.5 Å². The van der Waals surface area contributed by atoms with E-state index in [9.17, 15) is 4.79 Å². The summed E-state index contributed by atoms with van der Waals surface area (Å²) in [6.45, 7) is 3.37. The third-order valence-corrected chi connectivity index (χ3v) is 3.69. The van der Waals surface area contributed by atoms with E-state index in [1.54, 1.807) is 13.8 Å². The van der Waals surface area contributed by atoms with Crippen LogP contribution in [0.3, 0.4) is 0 Å². The molecule has 0 fully saturated rings. The third-order valence-electron chi connectivity index (χ3n) is 3.69. The first-order valence-electron chi connectivity index (χ1n) is 8.26. The highest BCUT2D eigenvalue weighted by Gasteiger charge is 2.17. The second kappa shape index (κ2) is 8.37. The standard InChI is InChI=1S/C18H19N3O6/c1-11(9-22)19-18(23)25-16-8-15(20-27-16)24-10-14-12(2)26-21-17(14)13-6-4-3-5-7-13/h3-8,11,22H,9-10H2,1-2H3,(H,19,23)/t11-/m0/s1. The van der Waals surface area contributed by atoms with Crippen molar-refractivity contribution in [2.75, 3.05) is 6.61 Å². The normalized spacial score (nSPS) is 11.8. The average Bonchev–Trinajstić information content (AvgIpc) is 3.26. The van der Waals surface area contributed by atoms with E-state index in [-0.39, 0.29) is 25.0 Å². The maximum Gasteiger partial charge on any atom is 0.415 e. The first-order chi connectivity index (χ1) is 13.1. The molecule has 0 aliphatic heterocycles. The van der Waals surface area contributed by atoms with Gasteiger partial charge in [-0.25, -0.2) is 4.79 Å². The molecule has 9 nitrogen and oxygen atoms in total. The first kappa shape index (κ1) is 18.5. The van der Waals surface area contributed by atoms with Crippen molar-refractivity contribution in [1.82, 2.24) is 15.6 Å². The molecule has 0 bridgehead atoms. The Kier molecular flexibility index (Phi) is 5.72. The van der Waals surface area contributed by atoms with Crippen LogP contribution in [0, 0.1) is 6.92 Å². The lowest BCUT2D eigenvalue weighted by Crippen LogP contribution is -2.36. The van der Waals surface area contributed by atoms with Crippen LogP contribution in [-0.4, -0.2) is 34.2 Å². The Balaban J connectivity index is 1.63. The molecule has 3 aromatic rings. The van der Waals surface area contributed by atoms with E-state index < -0.39 is 12.1 Å². The number of amides is 1. The smallest absolute Gasteiger partial charge is 0.415 e. The van der Waals surface area contributed by atoms with Crippen molar-refractivity contribution in [1.29, 1.82) is 0 Å². The number of nitrogens with zero attached hydrogens (tertiary/aromatic N) is 2. The number of carbonyl (C=O) groups excluding carboxylic acids is 1. The Labute approximate surface area is 154 Å². The van der Waals surface area contributed by atoms with Gasteiger partial charge < -0.3 is 28.9 Å². The highest BCUT2D eigenvalue weighted by Crippen LogP contribution is 2.27. The van der Waals surface area contributed by atoms with Gasteiger partial charge >= 0.3 is 12.0 Å². The maximum absolute atomic E-state index is 11.6. The fourth-order valence-corrected chi connectivity index (χ4v) is 2.26. The number of hydrogen-bond acceptors (Lipinski definition) is 8. The summed E-state index contributed by atoms with van der Waals surface area (Å²) in [5.41, 5.74) is 2.37. The molecule has 3 rings (SSSR count). The number of nitrogens with one attached hydrogen (secondary N) is 1. The van der Waals surface area contributed by atoms with Crippen LogP contribution in [0.4, 0.5) is 4.79 Å². The molecule has 2 aromatic heterocycles. The lowest BCUT2D eigenvalue weighted by molar-refractivity contribution is 0.168. The van der Waals surface area contributed by atoms with E-state index in [1.807, 2.05) is 30.3 Å². The average molecular weight is 373 g/mol. The maximum atomic E-state index is 11.6. The molecule has 0 unspecified atom stereocenters. The van der Waals surface area contributed by atoms with Gasteiger partial charge in [0.15, 0.2) is 0 Å². The second-order valence-corrected chi connectivity index (χ2v) is 5.82. The number of benzene rings is 1. The molecule has 0 spiro atoms. The minimum Gasteiger partial charge on any atom is -0.470 e. The number of aromatic nitrogens is 2. The molecule has 1 atom stereocenters. The minimum atomic E-state index is -0.763. The van der Waals surface area contributed by atoms with Crippen molar-refractivity contribution in [3.8, 4) is 23.1 Å². The monoisotopic (exact) mass is 373 g/mol. The van der Waals surface area contributed by atoms with Crippen LogP contribution < -0.4 is 14.8 Å². The van der Waals surface area contributed by atoms with Crippen LogP contribution in [-0.2, 0) is 6.61 Å². The zero-order chi connectivity index (χ0) is 19.2. The Morgan fingerprint density at radius 1 is 1.26 bits per heavy atom. The molecule has 2 N–H and O–H groups in total. The summed E-state index contributed by atoms with van der Waals surface area (Å²) in [6.07, 6.45) is -0.763. The fourth-order valence-electron chi connectivity index (χ4n) is 2.26. The third kappa shape index (κ3) is 4.64. The molecule has 142 valence electrons. The van der Waals surface area contributed by atoms with Crippen molar-refractivity contribution < 1.29 is 28.4 Å². The zero-order valence-corrected chi connectivity index (χ0v) is 14.8. The van der Waals surface area contributed by atoms with Gasteiger partial charge in [0.1, 0.15) is 18.1 Å². The van der Waals surface area contributed by atoms with Crippen LogP contribution in [0.1, 0.15) is 18.2 Å². The highest BCUT2D eigenvalue weighted by atomic mass is 16.7. The van der Waals surface area contributed by atoms with Crippen LogP contribution in [0.5, 0.6) is 11.8 Å². The molecule has 0 aliphatic carbocycles. The molecule has 0 aliphatic rings. The summed E-state index contributed by atoms with van der Waals surface area (Å²) < 4.78 is 20.7. The van der Waals surface area contributed by atoms with Crippen molar-refractivity contribution in [3.05, 3.63) is 47.7 Å². The Morgan fingerprint density at radius 2 is 2.04 bits per heavy atom. The molecular weight excluding hydrogens is 354 g/mol. The van der Waals surface area contributed by atoms with Crippen LogP contribution in [0.15, 0.2) is 45.4 Å². The van der Waals surface area contributed by atoms with Crippen molar-refractivity contribution >= 4 is 6.09 Å². The summed E-state index contributed by atoms with van der Waals surface area (Å²) in [7, 11) is 0. The van der Waals surface area contributed by atoms with Gasteiger partial charge in [-0.05, 0) is 19.0 Å². The molecule has 1 amide bonds. The molecule has 1 aromatic carbocycles. The predicted molar refractivity (Wildman–Crippen MR) is 93.2 cm³/mol. The Morgan fingerprint density at radius 3 is 2.78 bits per heavy atom. The minimum absolute atomic E-state index is 0.127. The molecule has 27 heavy (non-hydrogen) atoms. The molecule has 0 saturated carbocycles. The lowest BCUT2D eigenvalue weighted by Gasteiger charge is -2.08. The Bertz CT molecular complexity index is 890. The lowest BCUT2D eigenvalue weighted by atomic mass is 10.1. The van der Waals surface area contributed by atoms with E-state index in [0.29, 0.717) is 11.5 Å². The van der Waals surface area contributed by atoms with Crippen LogP contribution >= 0.6 is 0 Å². The van der Waals surface area contributed by atoms with Crippen LogP contribution in [0.25, 0.3) is 11.3 Å². The number of aryl methyl sites for hydroxylation is 1. The van der Waals surface area contributed by atoms with E-state index in [1.165, 1.54) is 6.07 Å². The van der Waals surface area contributed by atoms with Crippen molar-refractivity contribution in [3.63, 3.8) is 0 Å². The highest BCUT2D eigenvalue weighted by molar-refractivity contribution is 5.70. The van der Waals surface area contributed by atoms with Gasteiger partial charge in [0.2, 0.25) is 0 Å². The molecule has 0 radical (unpaired) electrons. The summed E-state index contributed by atoms with van der Waals surface area (Å²) in [5.74, 6) is 0.650. The van der Waals surface area contributed by atoms with Gasteiger partial charge in [-0.1, -0.05) is 35.5 Å². The zero-order valence-electron chi connectivity index (χ0n) is 14.8. The summed E-state index contributed by atoms with van der Waals surface area (Å²) in [5, 5.41) is 19.1.